The van der Waals surface area contributed by atoms with Crippen LogP contribution in [-0.4, -0.2) is 34.1 Å². The summed E-state index contributed by atoms with van der Waals surface area (Å²) in [5.41, 5.74) is 14.0. The minimum absolute atomic E-state index is 0.887. The molecule has 8 nitrogen and oxygen atoms in total. The van der Waals surface area contributed by atoms with Crippen LogP contribution in [0.4, 0.5) is 17.1 Å². The number of fused-ring (bicyclic) bond motifs is 5. The lowest BCUT2D eigenvalue weighted by Crippen LogP contribution is -2.10. The Morgan fingerprint density at radius 2 is 0.903 bits per heavy atom. The summed E-state index contributed by atoms with van der Waals surface area (Å²) in [5, 5.41) is 1.05. The number of imidazole rings is 2. The second kappa shape index (κ2) is 14.8. The maximum Gasteiger partial charge on any atom is 0.145 e. The topological polar surface area (TPSA) is 77.5 Å². The lowest BCUT2D eigenvalue weighted by Gasteiger charge is -2.26. The van der Waals surface area contributed by atoms with Gasteiger partial charge in [0.1, 0.15) is 22.8 Å². The molecule has 5 aromatic heterocycles. The highest BCUT2D eigenvalue weighted by Gasteiger charge is 2.20. The van der Waals surface area contributed by atoms with Gasteiger partial charge in [-0.3, -0.25) is 9.13 Å². The first-order valence-electron chi connectivity index (χ1n) is 20.4. The van der Waals surface area contributed by atoms with Crippen LogP contribution in [0, 0.1) is 0 Å². The van der Waals surface area contributed by atoms with Gasteiger partial charge in [-0.25, -0.2) is 24.9 Å². The van der Waals surface area contributed by atoms with Gasteiger partial charge in [0.2, 0.25) is 0 Å². The molecule has 0 aliphatic heterocycles. The molecule has 0 amide bonds. The smallest absolute Gasteiger partial charge is 0.145 e. The molecule has 5 heterocycles. The van der Waals surface area contributed by atoms with Gasteiger partial charge in [0.25, 0.3) is 0 Å². The van der Waals surface area contributed by atoms with Gasteiger partial charge in [-0.2, -0.15) is 0 Å². The van der Waals surface area contributed by atoms with E-state index < -0.39 is 0 Å². The average Bonchev–Trinajstić information content (AvgIpc) is 4.05. The second-order valence-corrected chi connectivity index (χ2v) is 16.0. The fraction of sp³-hybridized carbons (Fsp3) is 0. The number of rotatable bonds is 8. The van der Waals surface area contributed by atoms with Gasteiger partial charge in [-0.15, -0.1) is 11.3 Å². The highest BCUT2D eigenvalue weighted by Crippen LogP contribution is 2.41. The molecule has 12 rings (SSSR count). The number of para-hydroxylation sites is 6. The van der Waals surface area contributed by atoms with Crippen LogP contribution in [-0.2, 0) is 0 Å². The number of nitrogens with zero attached hydrogens (tertiary/aromatic N) is 8. The summed E-state index contributed by atoms with van der Waals surface area (Å²) in [6.45, 7) is 0. The van der Waals surface area contributed by atoms with Crippen LogP contribution in [0.25, 0.3) is 87.9 Å². The van der Waals surface area contributed by atoms with Crippen molar-refractivity contribution in [2.24, 2.45) is 0 Å². The molecule has 9 heteroatoms. The van der Waals surface area contributed by atoms with Crippen molar-refractivity contribution in [3.8, 4) is 45.4 Å². The fourth-order valence-electron chi connectivity index (χ4n) is 8.47. The van der Waals surface area contributed by atoms with Gasteiger partial charge in [0.15, 0.2) is 0 Å². The number of pyridine rings is 1. The zero-order valence-electron chi connectivity index (χ0n) is 33.1. The van der Waals surface area contributed by atoms with Gasteiger partial charge >= 0.3 is 0 Å². The molecule has 0 unspecified atom stereocenters. The molecule has 0 aliphatic rings. The Labute approximate surface area is 360 Å². The highest BCUT2D eigenvalue weighted by molar-refractivity contribution is 7.25. The van der Waals surface area contributed by atoms with E-state index in [9.17, 15) is 0 Å². The zero-order chi connectivity index (χ0) is 41.0. The van der Waals surface area contributed by atoms with Crippen LogP contribution in [0.1, 0.15) is 0 Å². The minimum Gasteiger partial charge on any atom is -0.311 e. The lowest BCUT2D eigenvalue weighted by molar-refractivity contribution is 1.10. The summed E-state index contributed by atoms with van der Waals surface area (Å²) in [6, 6.07) is 67.5. The Morgan fingerprint density at radius 3 is 1.44 bits per heavy atom. The Kier molecular flexibility index (Phi) is 8.50. The van der Waals surface area contributed by atoms with Crippen molar-refractivity contribution in [1.29, 1.82) is 0 Å². The molecule has 0 N–H and O–H groups in total. The van der Waals surface area contributed by atoms with E-state index >= 15 is 0 Å². The van der Waals surface area contributed by atoms with Crippen LogP contribution in [0.15, 0.2) is 207 Å². The normalized spacial score (nSPS) is 11.5. The van der Waals surface area contributed by atoms with Crippen LogP contribution < -0.4 is 4.90 Å². The zero-order valence-corrected chi connectivity index (χ0v) is 33.9. The first kappa shape index (κ1) is 35.7. The largest absolute Gasteiger partial charge is 0.311 e. The molecule has 0 atom stereocenters. The summed E-state index contributed by atoms with van der Waals surface area (Å²) in [6.07, 6.45) is 3.48. The van der Waals surface area contributed by atoms with E-state index in [4.69, 9.17) is 15.0 Å². The first-order valence-corrected chi connectivity index (χ1v) is 21.2. The molecule has 12 aromatic rings. The fourth-order valence-corrected chi connectivity index (χ4v) is 9.58. The quantitative estimate of drug-likeness (QED) is 0.152. The Hall–Kier alpha value is -8.27. The first-order chi connectivity index (χ1) is 30.7. The van der Waals surface area contributed by atoms with Crippen LogP contribution in [0.3, 0.4) is 0 Å². The molecule has 0 spiro atoms. The van der Waals surface area contributed by atoms with E-state index in [1.54, 1.807) is 17.7 Å². The van der Waals surface area contributed by atoms with Crippen molar-refractivity contribution in [2.75, 3.05) is 4.90 Å². The van der Waals surface area contributed by atoms with E-state index in [0.29, 0.717) is 0 Å². The molecule has 62 heavy (non-hydrogen) atoms. The van der Waals surface area contributed by atoms with Crippen molar-refractivity contribution in [3.63, 3.8) is 0 Å². The Balaban J connectivity index is 0.969. The van der Waals surface area contributed by atoms with Crippen molar-refractivity contribution in [1.82, 2.24) is 34.1 Å². The number of anilines is 3. The molecule has 0 saturated heterocycles. The maximum absolute atomic E-state index is 5.14. The number of hydrogen-bond donors (Lipinski definition) is 0. The molecular formula is C53H34N8S. The molecule has 0 fully saturated rings. The van der Waals surface area contributed by atoms with Gasteiger partial charge in [0.05, 0.1) is 38.0 Å². The third-order valence-corrected chi connectivity index (χ3v) is 12.5. The average molecular weight is 815 g/mol. The van der Waals surface area contributed by atoms with Crippen LogP contribution in [0.5, 0.6) is 0 Å². The third-order valence-electron chi connectivity index (χ3n) is 11.3. The summed E-state index contributed by atoms with van der Waals surface area (Å²) >= 11 is 1.63. The van der Waals surface area contributed by atoms with Crippen LogP contribution >= 0.6 is 11.3 Å². The molecule has 0 aliphatic carbocycles. The highest BCUT2D eigenvalue weighted by atomic mass is 32.1. The lowest BCUT2D eigenvalue weighted by atomic mass is 10.1. The summed E-state index contributed by atoms with van der Waals surface area (Å²) in [4.78, 5) is 27.5. The van der Waals surface area contributed by atoms with E-state index in [1.165, 1.54) is 0 Å². The molecule has 292 valence electrons. The summed E-state index contributed by atoms with van der Waals surface area (Å²) in [5.74, 6) is 1.77. The molecule has 0 saturated carbocycles. The molecular weight excluding hydrogens is 781 g/mol. The van der Waals surface area contributed by atoms with Gasteiger partial charge in [-0.1, -0.05) is 72.8 Å². The molecule has 0 radical (unpaired) electrons. The van der Waals surface area contributed by atoms with Crippen molar-refractivity contribution in [2.45, 2.75) is 0 Å². The Morgan fingerprint density at radius 1 is 0.419 bits per heavy atom. The van der Waals surface area contributed by atoms with Gasteiger partial charge in [-0.05, 0) is 121 Å². The predicted octanol–water partition coefficient (Wildman–Crippen LogP) is 13.4. The molecule has 0 bridgehead atoms. The van der Waals surface area contributed by atoms with Crippen LogP contribution in [0.2, 0.25) is 0 Å². The second-order valence-electron chi connectivity index (χ2n) is 15.0. The van der Waals surface area contributed by atoms with Crippen molar-refractivity contribution in [3.05, 3.63) is 207 Å². The number of aromatic nitrogens is 7. The summed E-state index contributed by atoms with van der Waals surface area (Å²) in [7, 11) is 0. The standard InChI is InChI=1S/C53H34N8S/c1-3-12-38(13-4-1)60-46-19-9-7-17-44(46)57-51(60)36-23-29-41(30-24-36)59(40-27-21-35(22-28-40)48-50-49(56-34-55-48)43-16-11-33-54-53(43)62-50)42-31-25-37(26-32-42)52-58-45-18-8-10-20-47(45)61(52)39-14-5-2-6-15-39/h1-34H. The number of benzene rings is 7. The predicted molar refractivity (Wildman–Crippen MR) is 253 cm³/mol. The summed E-state index contributed by atoms with van der Waals surface area (Å²) < 4.78 is 5.50. The maximum atomic E-state index is 5.14. The van der Waals surface area contributed by atoms with Gasteiger partial charge < -0.3 is 4.90 Å². The van der Waals surface area contributed by atoms with Crippen molar-refractivity contribution >= 4 is 70.9 Å². The van der Waals surface area contributed by atoms with E-state index in [0.717, 1.165) is 105 Å². The minimum atomic E-state index is 0.887. The Bertz CT molecular complexity index is 3400. The van der Waals surface area contributed by atoms with E-state index in [2.05, 4.69) is 188 Å². The number of hydrogen-bond acceptors (Lipinski definition) is 7. The SMILES string of the molecule is c1ccc(-n2c(-c3ccc(N(c4ccc(-c5ncnc6c5sc5ncccc56)cc4)c4ccc(-c5nc6ccccc6n5-c5ccccc5)cc4)cc3)nc3ccccc32)cc1. The van der Waals surface area contributed by atoms with Gasteiger partial charge in [0, 0.05) is 56.7 Å². The van der Waals surface area contributed by atoms with E-state index in [-0.39, 0.29) is 0 Å². The number of thiophene rings is 1. The van der Waals surface area contributed by atoms with Crippen molar-refractivity contribution < 1.29 is 0 Å². The van der Waals surface area contributed by atoms with E-state index in [1.807, 2.05) is 36.5 Å². The molecule has 7 aromatic carbocycles. The third kappa shape index (κ3) is 6.02. The monoisotopic (exact) mass is 814 g/mol.